The molecule has 0 aromatic heterocycles. The smallest absolute Gasteiger partial charge is 0.100 e. The Kier molecular flexibility index (Phi) is 6.06. The maximum Gasteiger partial charge on any atom is 0.100 e. The Morgan fingerprint density at radius 2 is 1.13 bits per heavy atom. The van der Waals surface area contributed by atoms with Gasteiger partial charge in [-0.25, -0.2) is 0 Å². The molecule has 6 aromatic carbocycles. The van der Waals surface area contributed by atoms with Gasteiger partial charge in [0, 0.05) is 33.5 Å². The highest BCUT2D eigenvalue weighted by Crippen LogP contribution is 2.35. The van der Waals surface area contributed by atoms with E-state index in [9.17, 15) is 5.26 Å². The average Bonchev–Trinajstić information content (AvgIpc) is 2.97. The van der Waals surface area contributed by atoms with Crippen LogP contribution in [0.15, 0.2) is 127 Å². The lowest BCUT2D eigenvalue weighted by molar-refractivity contribution is 1.28. The fraction of sp³-hybridized carbons (Fsp3) is 0. The SMILES string of the molecule is N#Cc1c2ccccc2cc2cc(C=Cc3ccc(N(c4ccccc4)c4ccc(N)cc4)cc3)ccc12. The first kappa shape index (κ1) is 23.1. The summed E-state index contributed by atoms with van der Waals surface area (Å²) in [7, 11) is 0. The number of hydrogen-bond acceptors (Lipinski definition) is 3. The lowest BCUT2D eigenvalue weighted by atomic mass is 9.96. The minimum Gasteiger partial charge on any atom is -0.399 e. The first-order valence-electron chi connectivity index (χ1n) is 12.5. The highest BCUT2D eigenvalue weighted by atomic mass is 15.1. The van der Waals surface area contributed by atoms with Crippen molar-refractivity contribution in [3.63, 3.8) is 0 Å². The van der Waals surface area contributed by atoms with Crippen LogP contribution >= 0.6 is 0 Å². The van der Waals surface area contributed by atoms with E-state index in [0.717, 1.165) is 61.0 Å². The monoisotopic (exact) mass is 487 g/mol. The average molecular weight is 488 g/mol. The van der Waals surface area contributed by atoms with Crippen molar-refractivity contribution in [3.8, 4) is 6.07 Å². The molecule has 0 aliphatic rings. The van der Waals surface area contributed by atoms with Crippen molar-refractivity contribution in [3.05, 3.63) is 144 Å². The number of anilines is 4. The van der Waals surface area contributed by atoms with Crippen LogP contribution in [0.4, 0.5) is 22.7 Å². The number of nitrogens with two attached hydrogens (primary N) is 1. The van der Waals surface area contributed by atoms with Gasteiger partial charge in [-0.05, 0) is 82.6 Å². The number of rotatable bonds is 5. The van der Waals surface area contributed by atoms with Crippen LogP contribution in [-0.2, 0) is 0 Å². The zero-order valence-corrected chi connectivity index (χ0v) is 20.8. The molecule has 180 valence electrons. The van der Waals surface area contributed by atoms with Gasteiger partial charge in [-0.1, -0.05) is 78.9 Å². The first-order valence-corrected chi connectivity index (χ1v) is 12.5. The fourth-order valence-corrected chi connectivity index (χ4v) is 4.89. The highest BCUT2D eigenvalue weighted by Gasteiger charge is 2.12. The highest BCUT2D eigenvalue weighted by molar-refractivity contribution is 6.05. The minimum atomic E-state index is 0.730. The van der Waals surface area contributed by atoms with Crippen LogP contribution in [0.5, 0.6) is 0 Å². The van der Waals surface area contributed by atoms with Crippen molar-refractivity contribution >= 4 is 56.4 Å². The Morgan fingerprint density at radius 1 is 0.553 bits per heavy atom. The van der Waals surface area contributed by atoms with E-state index in [1.165, 1.54) is 0 Å². The predicted molar refractivity (Wildman–Crippen MR) is 161 cm³/mol. The molecule has 0 saturated carbocycles. The number of benzene rings is 6. The molecule has 3 heteroatoms. The first-order chi connectivity index (χ1) is 18.7. The van der Waals surface area contributed by atoms with Crippen molar-refractivity contribution in [1.82, 2.24) is 0 Å². The molecule has 3 nitrogen and oxygen atoms in total. The lowest BCUT2D eigenvalue weighted by Gasteiger charge is -2.25. The van der Waals surface area contributed by atoms with Crippen molar-refractivity contribution in [2.75, 3.05) is 10.6 Å². The molecular weight excluding hydrogens is 462 g/mol. The van der Waals surface area contributed by atoms with Gasteiger partial charge in [0.2, 0.25) is 0 Å². The number of para-hydroxylation sites is 1. The summed E-state index contributed by atoms with van der Waals surface area (Å²) >= 11 is 0. The molecule has 2 N–H and O–H groups in total. The van der Waals surface area contributed by atoms with E-state index in [1.54, 1.807) is 0 Å². The van der Waals surface area contributed by atoms with Gasteiger partial charge < -0.3 is 10.6 Å². The van der Waals surface area contributed by atoms with Gasteiger partial charge >= 0.3 is 0 Å². The minimum absolute atomic E-state index is 0.730. The molecule has 0 radical (unpaired) electrons. The van der Waals surface area contributed by atoms with Gasteiger partial charge in [0.1, 0.15) is 6.07 Å². The van der Waals surface area contributed by atoms with Gasteiger partial charge in [0.15, 0.2) is 0 Å². The van der Waals surface area contributed by atoms with Crippen molar-refractivity contribution in [1.29, 1.82) is 5.26 Å². The van der Waals surface area contributed by atoms with Crippen LogP contribution in [0.3, 0.4) is 0 Å². The molecule has 0 aliphatic carbocycles. The molecule has 0 fully saturated rings. The topological polar surface area (TPSA) is 53.0 Å². The molecule has 38 heavy (non-hydrogen) atoms. The van der Waals surface area contributed by atoms with Crippen molar-refractivity contribution in [2.45, 2.75) is 0 Å². The van der Waals surface area contributed by atoms with E-state index in [0.29, 0.717) is 0 Å². The van der Waals surface area contributed by atoms with E-state index < -0.39 is 0 Å². The molecule has 6 aromatic rings. The number of nitrogens with zero attached hydrogens (tertiary/aromatic N) is 2. The second-order valence-electron chi connectivity index (χ2n) is 9.25. The van der Waals surface area contributed by atoms with Gasteiger partial charge in [0.25, 0.3) is 0 Å². The standard InChI is InChI=1S/C35H25N3/c36-24-35-33-9-5-4-6-27(33)23-28-22-26(14-21-34(28)35)11-10-25-12-17-31(18-13-25)38(30-7-2-1-3-8-30)32-19-15-29(37)16-20-32/h1-23H,37H2. The molecule has 0 spiro atoms. The van der Waals surface area contributed by atoms with E-state index >= 15 is 0 Å². The number of hydrogen-bond donors (Lipinski definition) is 1. The number of nitriles is 1. The van der Waals surface area contributed by atoms with Gasteiger partial charge in [-0.15, -0.1) is 0 Å². The number of fused-ring (bicyclic) bond motifs is 2. The van der Waals surface area contributed by atoms with Gasteiger partial charge in [0.05, 0.1) is 5.56 Å². The summed E-state index contributed by atoms with van der Waals surface area (Å²) in [5.74, 6) is 0. The second-order valence-corrected chi connectivity index (χ2v) is 9.25. The Labute approximate surface area is 222 Å². The molecule has 0 atom stereocenters. The number of nitrogen functional groups attached to an aromatic ring is 1. The molecule has 0 saturated heterocycles. The zero-order chi connectivity index (χ0) is 25.9. The Balaban J connectivity index is 1.31. The summed E-state index contributed by atoms with van der Waals surface area (Å²) in [6, 6.07) is 45.6. The van der Waals surface area contributed by atoms with Gasteiger partial charge in [-0.2, -0.15) is 5.26 Å². The summed E-state index contributed by atoms with van der Waals surface area (Å²) in [6.45, 7) is 0. The van der Waals surface area contributed by atoms with Crippen LogP contribution < -0.4 is 10.6 Å². The second kappa shape index (κ2) is 9.97. The predicted octanol–water partition coefficient (Wildman–Crippen LogP) is 9.09. The van der Waals surface area contributed by atoms with Crippen LogP contribution in [0, 0.1) is 11.3 Å². The molecule has 0 unspecified atom stereocenters. The van der Waals surface area contributed by atoms with Crippen LogP contribution in [0.1, 0.15) is 16.7 Å². The van der Waals surface area contributed by atoms with Crippen LogP contribution in [-0.4, -0.2) is 0 Å². The van der Waals surface area contributed by atoms with E-state index in [2.05, 4.69) is 83.8 Å². The zero-order valence-electron chi connectivity index (χ0n) is 20.8. The molecule has 0 amide bonds. The Morgan fingerprint density at radius 3 is 1.87 bits per heavy atom. The van der Waals surface area contributed by atoms with Crippen molar-refractivity contribution in [2.24, 2.45) is 0 Å². The lowest BCUT2D eigenvalue weighted by Crippen LogP contribution is -2.09. The van der Waals surface area contributed by atoms with E-state index in [1.807, 2.05) is 66.7 Å². The van der Waals surface area contributed by atoms with Crippen molar-refractivity contribution < 1.29 is 0 Å². The Hall–Kier alpha value is -5.33. The normalized spacial score (nSPS) is 11.1. The fourth-order valence-electron chi connectivity index (χ4n) is 4.89. The largest absolute Gasteiger partial charge is 0.399 e. The van der Waals surface area contributed by atoms with Crippen LogP contribution in [0.25, 0.3) is 33.7 Å². The Bertz CT molecular complexity index is 1810. The third kappa shape index (κ3) is 4.48. The third-order valence-corrected chi connectivity index (χ3v) is 6.78. The van der Waals surface area contributed by atoms with E-state index in [4.69, 9.17) is 5.73 Å². The maximum atomic E-state index is 9.80. The maximum absolute atomic E-state index is 9.80. The molecule has 6 rings (SSSR count). The molecule has 0 bridgehead atoms. The molecule has 0 aliphatic heterocycles. The van der Waals surface area contributed by atoms with Gasteiger partial charge in [-0.3, -0.25) is 0 Å². The summed E-state index contributed by atoms with van der Waals surface area (Å²) in [6.07, 6.45) is 4.23. The summed E-state index contributed by atoms with van der Waals surface area (Å²) in [5.41, 5.74) is 12.8. The molecule has 0 heterocycles. The van der Waals surface area contributed by atoms with Crippen LogP contribution in [0.2, 0.25) is 0 Å². The summed E-state index contributed by atoms with van der Waals surface area (Å²) < 4.78 is 0. The quantitative estimate of drug-likeness (QED) is 0.150. The summed E-state index contributed by atoms with van der Waals surface area (Å²) in [4.78, 5) is 2.22. The third-order valence-electron chi connectivity index (χ3n) is 6.78. The molecular formula is C35H25N3. The summed E-state index contributed by atoms with van der Waals surface area (Å²) in [5, 5.41) is 13.9. The van der Waals surface area contributed by atoms with E-state index in [-0.39, 0.29) is 0 Å².